The van der Waals surface area contributed by atoms with Gasteiger partial charge < -0.3 is 24.4 Å². The number of likely N-dealkylation sites (tertiary alicyclic amines) is 1. The summed E-state index contributed by atoms with van der Waals surface area (Å²) in [5.74, 6) is 0.454. The molecule has 1 spiro atoms. The third-order valence-corrected chi connectivity index (χ3v) is 10.5. The van der Waals surface area contributed by atoms with Gasteiger partial charge in [0.05, 0.1) is 17.7 Å². The number of rotatable bonds is 7. The predicted octanol–water partition coefficient (Wildman–Crippen LogP) is 4.23. The number of amides is 2. The quantitative estimate of drug-likeness (QED) is 0.188. The fourth-order valence-electron chi connectivity index (χ4n) is 7.56. The highest BCUT2D eigenvalue weighted by atomic mass is 16.4. The summed E-state index contributed by atoms with van der Waals surface area (Å²) in [5, 5.41) is 13.1. The van der Waals surface area contributed by atoms with E-state index >= 15 is 0 Å². The first-order chi connectivity index (χ1) is 24.6. The molecule has 5 aromatic rings. The van der Waals surface area contributed by atoms with Gasteiger partial charge in [0.1, 0.15) is 5.52 Å². The Morgan fingerprint density at radius 3 is 2.51 bits per heavy atom. The molecule has 260 valence electrons. The highest BCUT2D eigenvalue weighted by molar-refractivity contribution is 6.15. The van der Waals surface area contributed by atoms with Crippen LogP contribution in [0, 0.1) is 17.7 Å². The molecule has 0 radical (unpaired) electrons. The summed E-state index contributed by atoms with van der Waals surface area (Å²) < 4.78 is 11.9. The molecular weight excluding hydrogens is 648 g/mol. The van der Waals surface area contributed by atoms with Gasteiger partial charge in [-0.2, -0.15) is 4.68 Å². The van der Waals surface area contributed by atoms with Crippen LogP contribution in [0.3, 0.4) is 0 Å². The van der Waals surface area contributed by atoms with Crippen molar-refractivity contribution in [2.45, 2.75) is 26.2 Å². The average molecular weight is 687 g/mol. The van der Waals surface area contributed by atoms with Crippen LogP contribution < -0.4 is 16.4 Å². The largest absolute Gasteiger partial charge is 0.441 e. The van der Waals surface area contributed by atoms with Crippen LogP contribution in [0.5, 0.6) is 0 Å². The maximum absolute atomic E-state index is 14.0. The SMILES string of the molecule is Cc1nc2cc(C(=N)c3cc(N4CC[C@]5(CCN(CC(=O)N6CC=C(c7ccc(-c8nn(C)c(=O)o8)cc7)CC6)C5)C4=O)ccc3N)ccc2o1. The van der Waals surface area contributed by atoms with Crippen LogP contribution in [0.15, 0.2) is 80.4 Å². The predicted molar refractivity (Wildman–Crippen MR) is 192 cm³/mol. The Kier molecular flexibility index (Phi) is 7.94. The van der Waals surface area contributed by atoms with E-state index in [1.54, 1.807) is 31.0 Å². The number of benzene rings is 3. The molecule has 0 saturated carbocycles. The molecule has 1 atom stereocenters. The molecule has 3 N–H and O–H groups in total. The first-order valence-electron chi connectivity index (χ1n) is 17.1. The molecule has 51 heavy (non-hydrogen) atoms. The van der Waals surface area contributed by atoms with Crippen LogP contribution in [0.25, 0.3) is 28.1 Å². The van der Waals surface area contributed by atoms with Crippen molar-refractivity contribution < 1.29 is 18.4 Å². The third kappa shape index (κ3) is 5.92. The Morgan fingerprint density at radius 1 is 0.980 bits per heavy atom. The lowest BCUT2D eigenvalue weighted by molar-refractivity contribution is -0.132. The second kappa shape index (κ2) is 12.5. The van der Waals surface area contributed by atoms with Crippen molar-refractivity contribution in [1.82, 2.24) is 24.6 Å². The second-order valence-corrected chi connectivity index (χ2v) is 13.7. The van der Waals surface area contributed by atoms with E-state index in [1.807, 2.05) is 53.4 Å². The Balaban J connectivity index is 0.888. The summed E-state index contributed by atoms with van der Waals surface area (Å²) >= 11 is 0. The molecule has 3 aromatic carbocycles. The maximum Gasteiger partial charge on any atom is 0.437 e. The number of fused-ring (bicyclic) bond motifs is 1. The number of carbonyl (C=O) groups excluding carboxylic acids is 2. The lowest BCUT2D eigenvalue weighted by atomic mass is 9.85. The molecule has 3 aliphatic rings. The minimum Gasteiger partial charge on any atom is -0.441 e. The third-order valence-electron chi connectivity index (χ3n) is 10.5. The van der Waals surface area contributed by atoms with Crippen molar-refractivity contribution in [2.75, 3.05) is 49.9 Å². The lowest BCUT2D eigenvalue weighted by Gasteiger charge is -2.29. The molecule has 13 nitrogen and oxygen atoms in total. The summed E-state index contributed by atoms with van der Waals surface area (Å²) in [7, 11) is 1.55. The van der Waals surface area contributed by atoms with Gasteiger partial charge >= 0.3 is 5.76 Å². The van der Waals surface area contributed by atoms with Crippen LogP contribution >= 0.6 is 0 Å². The summed E-state index contributed by atoms with van der Waals surface area (Å²) in [6.07, 6.45) is 4.23. The van der Waals surface area contributed by atoms with E-state index in [1.165, 1.54) is 0 Å². The van der Waals surface area contributed by atoms with E-state index in [0.717, 1.165) is 27.8 Å². The topological polar surface area (TPSA) is 168 Å². The van der Waals surface area contributed by atoms with Gasteiger partial charge in [-0.25, -0.2) is 9.78 Å². The number of nitrogens with two attached hydrogens (primary N) is 1. The van der Waals surface area contributed by atoms with Gasteiger partial charge in [-0.1, -0.05) is 18.2 Å². The van der Waals surface area contributed by atoms with E-state index in [2.05, 4.69) is 21.1 Å². The Labute approximate surface area is 293 Å². The highest BCUT2D eigenvalue weighted by Gasteiger charge is 2.51. The summed E-state index contributed by atoms with van der Waals surface area (Å²) in [4.78, 5) is 49.2. The molecule has 2 aromatic heterocycles. The number of hydrogen-bond acceptors (Lipinski definition) is 10. The van der Waals surface area contributed by atoms with Crippen LogP contribution in [0.2, 0.25) is 0 Å². The van der Waals surface area contributed by atoms with Crippen molar-refractivity contribution in [3.63, 3.8) is 0 Å². The van der Waals surface area contributed by atoms with Gasteiger partial charge in [0.15, 0.2) is 11.5 Å². The Hall–Kier alpha value is -5.82. The summed E-state index contributed by atoms with van der Waals surface area (Å²) in [6, 6.07) is 18.6. The molecule has 8 rings (SSSR count). The standard InChI is InChI=1S/C38H38N8O5/c1-23-41-31-19-27(7-10-32(31)50-23)34(40)29-20-28(8-9-30(29)39)46-18-14-38(36(46)48)13-17-44(22-38)21-33(47)45-15-11-25(12-16-45)24-3-5-26(6-4-24)35-42-43(2)37(49)51-35/h3-11,19-20,40H,12-18,21-22,39H2,1-2H3/t38-/m0/s1. The zero-order valence-corrected chi connectivity index (χ0v) is 28.5. The van der Waals surface area contributed by atoms with Gasteiger partial charge in [0.25, 0.3) is 0 Å². The summed E-state index contributed by atoms with van der Waals surface area (Å²) in [5.41, 5.74) is 12.7. The Morgan fingerprint density at radius 2 is 1.76 bits per heavy atom. The number of anilines is 2. The minimum absolute atomic E-state index is 0.0564. The molecule has 13 heteroatoms. The maximum atomic E-state index is 14.0. The number of nitrogen functional groups attached to an aromatic ring is 1. The van der Waals surface area contributed by atoms with Gasteiger partial charge in [0.2, 0.25) is 17.7 Å². The fourth-order valence-corrected chi connectivity index (χ4v) is 7.56. The van der Waals surface area contributed by atoms with E-state index in [-0.39, 0.29) is 30.0 Å². The summed E-state index contributed by atoms with van der Waals surface area (Å²) in [6.45, 7) is 5.00. The van der Waals surface area contributed by atoms with E-state index < -0.39 is 11.2 Å². The molecule has 2 amide bonds. The van der Waals surface area contributed by atoms with Crippen molar-refractivity contribution in [2.24, 2.45) is 12.5 Å². The van der Waals surface area contributed by atoms with E-state index in [0.29, 0.717) is 85.1 Å². The van der Waals surface area contributed by atoms with Gasteiger partial charge in [0, 0.05) is 68.2 Å². The number of hydrogen-bond donors (Lipinski definition) is 2. The van der Waals surface area contributed by atoms with E-state index in [9.17, 15) is 14.4 Å². The monoisotopic (exact) mass is 686 g/mol. The molecule has 0 aliphatic carbocycles. The molecule has 5 heterocycles. The molecule has 3 aliphatic heterocycles. The normalized spacial score (nSPS) is 19.4. The second-order valence-electron chi connectivity index (χ2n) is 13.7. The van der Waals surface area contributed by atoms with Gasteiger partial charge in [-0.15, -0.1) is 5.10 Å². The molecular formula is C38H38N8O5. The number of carbonyl (C=O) groups is 2. The fraction of sp³-hybridized carbons (Fsp3) is 0.316. The van der Waals surface area contributed by atoms with Gasteiger partial charge in [-0.3, -0.25) is 19.9 Å². The minimum atomic E-state index is -0.538. The molecule has 2 fully saturated rings. The number of oxazole rings is 1. The smallest absolute Gasteiger partial charge is 0.437 e. The van der Waals surface area contributed by atoms with Crippen LogP contribution in [0.4, 0.5) is 11.4 Å². The first-order valence-corrected chi connectivity index (χ1v) is 17.1. The van der Waals surface area contributed by atoms with Crippen LogP contribution in [-0.4, -0.2) is 81.4 Å². The van der Waals surface area contributed by atoms with Crippen molar-refractivity contribution >= 4 is 45.6 Å². The zero-order valence-electron chi connectivity index (χ0n) is 28.5. The number of nitrogens with zero attached hydrogens (tertiary/aromatic N) is 6. The van der Waals surface area contributed by atoms with Crippen LogP contribution in [0.1, 0.15) is 41.8 Å². The van der Waals surface area contributed by atoms with Crippen LogP contribution in [-0.2, 0) is 16.6 Å². The van der Waals surface area contributed by atoms with Crippen molar-refractivity contribution in [3.8, 4) is 11.5 Å². The van der Waals surface area contributed by atoms with Crippen molar-refractivity contribution in [1.29, 1.82) is 5.41 Å². The number of nitrogens with one attached hydrogen (secondary N) is 1. The lowest BCUT2D eigenvalue weighted by Crippen LogP contribution is -2.43. The number of aryl methyl sites for hydroxylation is 2. The van der Waals surface area contributed by atoms with Gasteiger partial charge in [-0.05, 0) is 85.5 Å². The Bertz CT molecular complexity index is 2300. The number of aromatic nitrogens is 3. The van der Waals surface area contributed by atoms with Crippen molar-refractivity contribution in [3.05, 3.63) is 99.9 Å². The highest BCUT2D eigenvalue weighted by Crippen LogP contribution is 2.43. The van der Waals surface area contributed by atoms with E-state index in [4.69, 9.17) is 20.0 Å². The molecule has 0 unspecified atom stereocenters. The molecule has 2 saturated heterocycles. The first kappa shape index (κ1) is 32.4. The molecule has 0 bridgehead atoms. The average Bonchev–Trinajstić information content (AvgIpc) is 3.90. The zero-order chi connectivity index (χ0) is 35.4.